The molecule has 0 spiro atoms. The van der Waals surface area contributed by atoms with Gasteiger partial charge >= 0.3 is 0 Å². The summed E-state index contributed by atoms with van der Waals surface area (Å²) < 4.78 is 11.7. The number of rotatable bonds is 9. The first kappa shape index (κ1) is 18.5. The maximum absolute atomic E-state index is 12.5. The van der Waals surface area contributed by atoms with Crippen LogP contribution in [0.2, 0.25) is 0 Å². The highest BCUT2D eigenvalue weighted by atomic mass is 16.5. The largest absolute Gasteiger partial charge is 0.493 e. The van der Waals surface area contributed by atoms with E-state index in [0.717, 1.165) is 38.2 Å². The van der Waals surface area contributed by atoms with Gasteiger partial charge in [-0.05, 0) is 63.2 Å². The number of fused-ring (bicyclic) bond motifs is 2. The number of hydrogen-bond acceptors (Lipinski definition) is 4. The molecule has 0 N–H and O–H groups in total. The van der Waals surface area contributed by atoms with Crippen molar-refractivity contribution in [3.63, 3.8) is 0 Å². The van der Waals surface area contributed by atoms with Crippen LogP contribution in [-0.2, 0) is 0 Å². The standard InChI is InChI=1S/C22H27NO3/c1-3-23(4-2)14-8-5-9-15-25-17-12-13-19-21(16-17)26-20-11-7-6-10-18(20)22(19)24/h6-7,10-13,16H,3-5,8-9,14-15H2,1-2H3. The minimum atomic E-state index is 0.00445. The van der Waals surface area contributed by atoms with E-state index in [4.69, 9.17) is 9.15 Å². The lowest BCUT2D eigenvalue weighted by Crippen LogP contribution is -2.23. The van der Waals surface area contributed by atoms with Crippen molar-refractivity contribution in [1.82, 2.24) is 4.90 Å². The summed E-state index contributed by atoms with van der Waals surface area (Å²) in [4.78, 5) is 15.0. The first-order valence-electron chi connectivity index (χ1n) is 9.53. The number of nitrogens with zero attached hydrogens (tertiary/aromatic N) is 1. The lowest BCUT2D eigenvalue weighted by atomic mass is 10.1. The van der Waals surface area contributed by atoms with Crippen LogP contribution in [0.15, 0.2) is 51.7 Å². The summed E-state index contributed by atoms with van der Waals surface area (Å²) in [7, 11) is 0. The highest BCUT2D eigenvalue weighted by Gasteiger charge is 2.08. The van der Waals surface area contributed by atoms with Crippen LogP contribution in [0.5, 0.6) is 5.75 Å². The summed E-state index contributed by atoms with van der Waals surface area (Å²) in [5.41, 5.74) is 1.19. The van der Waals surface area contributed by atoms with E-state index in [9.17, 15) is 4.79 Å². The minimum absolute atomic E-state index is 0.00445. The minimum Gasteiger partial charge on any atom is -0.493 e. The number of benzene rings is 2. The Labute approximate surface area is 154 Å². The predicted octanol–water partition coefficient (Wildman–Crippen LogP) is 4.84. The van der Waals surface area contributed by atoms with Gasteiger partial charge in [0.15, 0.2) is 0 Å². The Hall–Kier alpha value is -2.33. The molecule has 0 amide bonds. The van der Waals surface area contributed by atoms with Crippen molar-refractivity contribution >= 4 is 21.9 Å². The summed E-state index contributed by atoms with van der Waals surface area (Å²) in [5.74, 6) is 0.750. The lowest BCUT2D eigenvalue weighted by molar-refractivity contribution is 0.277. The highest BCUT2D eigenvalue weighted by Crippen LogP contribution is 2.23. The van der Waals surface area contributed by atoms with E-state index in [1.165, 1.54) is 6.42 Å². The molecule has 0 radical (unpaired) electrons. The zero-order chi connectivity index (χ0) is 18.4. The van der Waals surface area contributed by atoms with E-state index < -0.39 is 0 Å². The fourth-order valence-corrected chi connectivity index (χ4v) is 3.22. The predicted molar refractivity (Wildman–Crippen MR) is 107 cm³/mol. The molecule has 1 heterocycles. The molecule has 0 fully saturated rings. The van der Waals surface area contributed by atoms with E-state index in [1.54, 1.807) is 12.1 Å². The van der Waals surface area contributed by atoms with Crippen molar-refractivity contribution in [2.75, 3.05) is 26.2 Å². The molecule has 4 heteroatoms. The van der Waals surface area contributed by atoms with Crippen molar-refractivity contribution in [1.29, 1.82) is 0 Å². The van der Waals surface area contributed by atoms with Crippen LogP contribution in [0.1, 0.15) is 33.1 Å². The molecule has 138 valence electrons. The van der Waals surface area contributed by atoms with Gasteiger partial charge in [0.25, 0.3) is 0 Å². The van der Waals surface area contributed by atoms with Crippen LogP contribution in [0, 0.1) is 0 Å². The maximum atomic E-state index is 12.5. The Morgan fingerprint density at radius 2 is 1.69 bits per heavy atom. The Balaban J connectivity index is 1.59. The van der Waals surface area contributed by atoms with Gasteiger partial charge in [-0.2, -0.15) is 0 Å². The fraction of sp³-hybridized carbons (Fsp3) is 0.409. The quantitative estimate of drug-likeness (QED) is 0.408. The SMILES string of the molecule is CCN(CC)CCCCCOc1ccc2c(=O)c3ccccc3oc2c1. The average molecular weight is 353 g/mol. The number of ether oxygens (including phenoxy) is 1. The second-order valence-corrected chi connectivity index (χ2v) is 6.52. The van der Waals surface area contributed by atoms with Crippen molar-refractivity contribution in [2.24, 2.45) is 0 Å². The average Bonchev–Trinajstić information content (AvgIpc) is 2.67. The zero-order valence-corrected chi connectivity index (χ0v) is 15.7. The first-order valence-corrected chi connectivity index (χ1v) is 9.53. The van der Waals surface area contributed by atoms with Crippen molar-refractivity contribution in [3.8, 4) is 5.75 Å². The van der Waals surface area contributed by atoms with Gasteiger partial charge < -0.3 is 14.1 Å². The molecule has 3 rings (SSSR count). The molecule has 4 nitrogen and oxygen atoms in total. The van der Waals surface area contributed by atoms with Gasteiger partial charge in [-0.3, -0.25) is 4.79 Å². The molecule has 2 aromatic carbocycles. The lowest BCUT2D eigenvalue weighted by Gasteiger charge is -2.17. The molecule has 0 aliphatic carbocycles. The third-order valence-electron chi connectivity index (χ3n) is 4.83. The van der Waals surface area contributed by atoms with E-state index >= 15 is 0 Å². The number of para-hydroxylation sites is 1. The van der Waals surface area contributed by atoms with Gasteiger partial charge in [-0.15, -0.1) is 0 Å². The molecule has 0 atom stereocenters. The Morgan fingerprint density at radius 3 is 2.50 bits per heavy atom. The van der Waals surface area contributed by atoms with Crippen LogP contribution >= 0.6 is 0 Å². The highest BCUT2D eigenvalue weighted by molar-refractivity contribution is 5.90. The van der Waals surface area contributed by atoms with Gasteiger partial charge in [-0.1, -0.05) is 26.0 Å². The van der Waals surface area contributed by atoms with E-state index in [-0.39, 0.29) is 5.43 Å². The Bertz CT molecular complexity index is 912. The van der Waals surface area contributed by atoms with Crippen molar-refractivity contribution < 1.29 is 9.15 Å². The van der Waals surface area contributed by atoms with E-state index in [1.807, 2.05) is 30.3 Å². The Kier molecular flexibility index (Phi) is 6.29. The monoisotopic (exact) mass is 353 g/mol. The second-order valence-electron chi connectivity index (χ2n) is 6.52. The molecular weight excluding hydrogens is 326 g/mol. The molecule has 3 aromatic rings. The third-order valence-corrected chi connectivity index (χ3v) is 4.83. The zero-order valence-electron chi connectivity index (χ0n) is 15.7. The van der Waals surface area contributed by atoms with Crippen molar-refractivity contribution in [2.45, 2.75) is 33.1 Å². The normalized spacial score (nSPS) is 11.5. The van der Waals surface area contributed by atoms with Gasteiger partial charge in [0.2, 0.25) is 5.43 Å². The van der Waals surface area contributed by atoms with Gasteiger partial charge in [0.05, 0.1) is 17.4 Å². The summed E-state index contributed by atoms with van der Waals surface area (Å²) in [6, 6.07) is 12.8. The van der Waals surface area contributed by atoms with Crippen LogP contribution in [0.3, 0.4) is 0 Å². The topological polar surface area (TPSA) is 42.7 Å². The number of hydrogen-bond donors (Lipinski definition) is 0. The van der Waals surface area contributed by atoms with Gasteiger partial charge in [-0.25, -0.2) is 0 Å². The summed E-state index contributed by atoms with van der Waals surface area (Å²) in [5, 5.41) is 1.21. The summed E-state index contributed by atoms with van der Waals surface area (Å²) >= 11 is 0. The summed E-state index contributed by atoms with van der Waals surface area (Å²) in [6.45, 7) is 8.47. The smallest absolute Gasteiger partial charge is 0.200 e. The Morgan fingerprint density at radius 1 is 0.923 bits per heavy atom. The molecule has 0 saturated heterocycles. The molecule has 0 aliphatic heterocycles. The molecule has 26 heavy (non-hydrogen) atoms. The van der Waals surface area contributed by atoms with Gasteiger partial charge in [0.1, 0.15) is 16.9 Å². The first-order chi connectivity index (χ1) is 12.7. The molecule has 0 bridgehead atoms. The number of unbranched alkanes of at least 4 members (excludes halogenated alkanes) is 2. The fourth-order valence-electron chi connectivity index (χ4n) is 3.22. The van der Waals surface area contributed by atoms with Crippen LogP contribution in [-0.4, -0.2) is 31.1 Å². The third kappa shape index (κ3) is 4.25. The van der Waals surface area contributed by atoms with Crippen LogP contribution in [0.25, 0.3) is 21.9 Å². The van der Waals surface area contributed by atoms with Crippen LogP contribution < -0.4 is 10.2 Å². The van der Waals surface area contributed by atoms with E-state index in [2.05, 4.69) is 18.7 Å². The maximum Gasteiger partial charge on any atom is 0.200 e. The van der Waals surface area contributed by atoms with Crippen LogP contribution in [0.4, 0.5) is 0 Å². The molecule has 0 saturated carbocycles. The molecule has 1 aromatic heterocycles. The molecule has 0 unspecified atom stereocenters. The molecular formula is C22H27NO3. The van der Waals surface area contributed by atoms with Crippen molar-refractivity contribution in [3.05, 3.63) is 52.7 Å². The molecule has 0 aliphatic rings. The second kappa shape index (κ2) is 8.86. The summed E-state index contributed by atoms with van der Waals surface area (Å²) in [6.07, 6.45) is 3.38. The van der Waals surface area contributed by atoms with Gasteiger partial charge in [0, 0.05) is 6.07 Å². The van der Waals surface area contributed by atoms with E-state index in [0.29, 0.717) is 28.5 Å².